The molecule has 0 spiro atoms. The Morgan fingerprint density at radius 3 is 1.05 bits per heavy atom. The maximum absolute atomic E-state index is 12.9. The number of phosphoric acid groups is 1. The number of rotatable bonds is 56. The minimum atomic E-state index is -4.78. The van der Waals surface area contributed by atoms with E-state index in [1.165, 1.54) is 51.4 Å². The number of aliphatic hydroxyl groups excluding tert-OH is 1. The number of carbonyl (C=O) groups is 3. The normalized spacial score (nSPS) is 14.2. The van der Waals surface area contributed by atoms with Crippen molar-refractivity contribution in [2.45, 2.75) is 251 Å². The number of ether oxygens (including phenoxy) is 3. The van der Waals surface area contributed by atoms with E-state index in [0.717, 1.165) is 128 Å². The highest BCUT2D eigenvalue weighted by Crippen LogP contribution is 2.43. The monoisotopic (exact) mass is 1130 g/mol. The lowest BCUT2D eigenvalue weighted by Gasteiger charge is -2.21. The Kier molecular flexibility index (Phi) is 57.4. The van der Waals surface area contributed by atoms with Crippen molar-refractivity contribution in [1.82, 2.24) is 0 Å². The third kappa shape index (κ3) is 58.3. The number of esters is 3. The van der Waals surface area contributed by atoms with Gasteiger partial charge in [0.25, 0.3) is 0 Å². The molecular weight excluding hydrogens is 1020 g/mol. The maximum Gasteiger partial charge on any atom is 0.472 e. The highest BCUT2D eigenvalue weighted by Gasteiger charge is 2.28. The lowest BCUT2D eigenvalue weighted by Crippen LogP contribution is -2.30. The van der Waals surface area contributed by atoms with Gasteiger partial charge in [0, 0.05) is 19.3 Å². The van der Waals surface area contributed by atoms with E-state index in [1.54, 1.807) is 0 Å². The van der Waals surface area contributed by atoms with Gasteiger partial charge in [-0.3, -0.25) is 23.4 Å². The number of hydrogen-bond donors (Lipinski definition) is 2. The van der Waals surface area contributed by atoms with E-state index in [1.807, 2.05) is 12.2 Å². The van der Waals surface area contributed by atoms with Gasteiger partial charge in [-0.25, -0.2) is 4.57 Å². The number of allylic oxidation sites excluding steroid dienone is 22. The van der Waals surface area contributed by atoms with Gasteiger partial charge in [-0.2, -0.15) is 0 Å². The van der Waals surface area contributed by atoms with Gasteiger partial charge in [0.2, 0.25) is 0 Å². The minimum Gasteiger partial charge on any atom is -0.462 e. The van der Waals surface area contributed by atoms with Crippen LogP contribution in [0.5, 0.6) is 0 Å². The Balaban J connectivity index is 4.85. The number of phosphoric ester groups is 1. The van der Waals surface area contributed by atoms with Crippen LogP contribution in [0.25, 0.3) is 0 Å². The first-order valence-corrected chi connectivity index (χ1v) is 32.6. The Morgan fingerprint density at radius 2 is 0.675 bits per heavy atom. The molecule has 2 N–H and O–H groups in total. The van der Waals surface area contributed by atoms with Gasteiger partial charge in [0.1, 0.15) is 12.7 Å². The summed E-state index contributed by atoms with van der Waals surface area (Å²) < 4.78 is 39.5. The number of aliphatic hydroxyl groups is 1. The third-order valence-electron chi connectivity index (χ3n) is 12.6. The molecular formula is C68H111O11P. The van der Waals surface area contributed by atoms with Crippen LogP contribution in [0.3, 0.4) is 0 Å². The molecule has 0 aliphatic rings. The van der Waals surface area contributed by atoms with Crippen LogP contribution in [0.15, 0.2) is 134 Å². The van der Waals surface area contributed by atoms with E-state index in [0.29, 0.717) is 19.3 Å². The molecule has 0 fully saturated rings. The molecule has 454 valence electrons. The van der Waals surface area contributed by atoms with Crippen LogP contribution in [0, 0.1) is 0 Å². The molecule has 0 aromatic carbocycles. The molecule has 0 saturated carbocycles. The first kappa shape index (κ1) is 75.6. The molecule has 0 aliphatic carbocycles. The topological polar surface area (TPSA) is 155 Å². The fourth-order valence-corrected chi connectivity index (χ4v) is 8.68. The van der Waals surface area contributed by atoms with Crippen molar-refractivity contribution in [1.29, 1.82) is 0 Å². The Morgan fingerprint density at radius 1 is 0.362 bits per heavy atom. The minimum absolute atomic E-state index is 0.0928. The molecule has 3 unspecified atom stereocenters. The third-order valence-corrected chi connectivity index (χ3v) is 13.5. The quantitative estimate of drug-likeness (QED) is 0.0197. The largest absolute Gasteiger partial charge is 0.472 e. The van der Waals surface area contributed by atoms with E-state index in [4.69, 9.17) is 23.3 Å². The summed E-state index contributed by atoms with van der Waals surface area (Å²) in [5.74, 6) is -1.60. The van der Waals surface area contributed by atoms with Crippen LogP contribution in [0.4, 0.5) is 0 Å². The summed E-state index contributed by atoms with van der Waals surface area (Å²) in [5, 5.41) is 9.84. The van der Waals surface area contributed by atoms with Crippen LogP contribution < -0.4 is 0 Å². The van der Waals surface area contributed by atoms with Crippen LogP contribution in [0.2, 0.25) is 0 Å². The van der Waals surface area contributed by atoms with Gasteiger partial charge in [-0.15, -0.1) is 0 Å². The zero-order valence-electron chi connectivity index (χ0n) is 50.2. The van der Waals surface area contributed by atoms with E-state index >= 15 is 0 Å². The summed E-state index contributed by atoms with van der Waals surface area (Å²) in [5.41, 5.74) is 0. The number of hydrogen-bond acceptors (Lipinski definition) is 10. The molecule has 80 heavy (non-hydrogen) atoms. The first-order valence-electron chi connectivity index (χ1n) is 31.1. The van der Waals surface area contributed by atoms with Crippen molar-refractivity contribution in [3.63, 3.8) is 0 Å². The molecule has 0 aromatic heterocycles. The van der Waals surface area contributed by atoms with Gasteiger partial charge >= 0.3 is 25.7 Å². The Bertz CT molecular complexity index is 1850. The summed E-state index contributed by atoms with van der Waals surface area (Å²) in [6.45, 7) is 4.29. The summed E-state index contributed by atoms with van der Waals surface area (Å²) in [4.78, 5) is 48.7. The van der Waals surface area contributed by atoms with Crippen molar-refractivity contribution in [2.75, 3.05) is 26.4 Å². The lowest BCUT2D eigenvalue weighted by molar-refractivity contribution is -0.161. The standard InChI is InChI=1S/C68H111O11P/c1-4-7-10-13-16-19-22-25-28-30-32-34-37-39-42-45-48-51-54-57-66(70)75-61-65(79-68(72)59-56-53-50-47-44-41-38-35-33-31-29-26-23-20-17-14-11-8-5-2)63-77-80(73,74)76-62-64(60-69)78-67(71)58-55-52-49-46-43-40-36-27-24-21-18-15-12-9-6-3/h7,9-10,12,16-21,25-29,32,34,36,39,42,48,51,64-65,69H,4-6,8,11,13-15,22-24,30-31,33,35,37-38,40-41,43-47,49-50,52-63H2,1-3H3,(H,73,74)/b10-7-,12-9-,19-16-,20-17-,21-18-,28-25-,29-26-,34-32-,36-27-,42-39-,51-48-. The molecule has 0 rings (SSSR count). The number of carbonyl (C=O) groups excluding carboxylic acids is 3. The predicted octanol–water partition coefficient (Wildman–Crippen LogP) is 18.9. The van der Waals surface area contributed by atoms with E-state index < -0.39 is 57.8 Å². The first-order chi connectivity index (χ1) is 39.2. The van der Waals surface area contributed by atoms with Crippen molar-refractivity contribution in [3.05, 3.63) is 134 Å². The van der Waals surface area contributed by atoms with Crippen molar-refractivity contribution < 1.29 is 52.2 Å². The van der Waals surface area contributed by atoms with Gasteiger partial charge in [0.15, 0.2) is 6.10 Å². The zero-order chi connectivity index (χ0) is 58.3. The molecule has 12 heteroatoms. The molecule has 3 atom stereocenters. The van der Waals surface area contributed by atoms with Gasteiger partial charge < -0.3 is 24.2 Å². The van der Waals surface area contributed by atoms with Crippen LogP contribution in [-0.2, 0) is 42.2 Å². The molecule has 11 nitrogen and oxygen atoms in total. The second-order valence-electron chi connectivity index (χ2n) is 20.1. The fraction of sp³-hybridized carbons (Fsp3) is 0.632. The summed E-state index contributed by atoms with van der Waals surface area (Å²) >= 11 is 0. The van der Waals surface area contributed by atoms with E-state index in [2.05, 4.69) is 142 Å². The van der Waals surface area contributed by atoms with E-state index in [9.17, 15) is 28.9 Å². The van der Waals surface area contributed by atoms with Crippen molar-refractivity contribution in [2.24, 2.45) is 0 Å². The van der Waals surface area contributed by atoms with Crippen LogP contribution in [0.1, 0.15) is 239 Å². The average Bonchev–Trinajstić information content (AvgIpc) is 3.45. The Labute approximate surface area is 487 Å². The molecule has 0 aromatic rings. The summed E-state index contributed by atoms with van der Waals surface area (Å²) in [7, 11) is -4.78. The second-order valence-corrected chi connectivity index (χ2v) is 21.6. The predicted molar refractivity (Wildman–Crippen MR) is 334 cm³/mol. The summed E-state index contributed by atoms with van der Waals surface area (Å²) in [6, 6.07) is 0. The molecule has 0 aliphatic heterocycles. The van der Waals surface area contributed by atoms with Gasteiger partial charge in [0.05, 0.1) is 19.8 Å². The highest BCUT2D eigenvalue weighted by molar-refractivity contribution is 7.47. The number of unbranched alkanes of at least 4 members (excludes halogenated alkanes) is 17. The molecule has 0 heterocycles. The molecule has 0 saturated heterocycles. The fourth-order valence-electron chi connectivity index (χ4n) is 7.90. The van der Waals surface area contributed by atoms with Crippen LogP contribution >= 0.6 is 7.82 Å². The SMILES string of the molecule is CC/C=C\C/C=C\C/C=C\C/C=C\C/C=C\C/C=C\CCC(=O)OCC(COP(=O)(O)OCC(CO)OC(=O)CCCCCCC/C=C\C/C=C\C/C=C\CC)OC(=O)CCCCCCCCCCC/C=C\C/C=C\CCCCC. The smallest absolute Gasteiger partial charge is 0.462 e. The lowest BCUT2D eigenvalue weighted by atomic mass is 10.1. The summed E-state index contributed by atoms with van der Waals surface area (Å²) in [6.07, 6.45) is 77.0. The van der Waals surface area contributed by atoms with Crippen molar-refractivity contribution >= 4 is 25.7 Å². The van der Waals surface area contributed by atoms with E-state index in [-0.39, 0.29) is 25.9 Å². The maximum atomic E-state index is 12.9. The molecule has 0 radical (unpaired) electrons. The van der Waals surface area contributed by atoms with Crippen LogP contribution in [-0.4, -0.2) is 66.5 Å². The molecule has 0 bridgehead atoms. The molecule has 0 amide bonds. The highest BCUT2D eigenvalue weighted by atomic mass is 31.2. The Hall–Kier alpha value is -4.38. The van der Waals surface area contributed by atoms with Crippen molar-refractivity contribution in [3.8, 4) is 0 Å². The second kappa shape index (κ2) is 60.7. The van der Waals surface area contributed by atoms with Gasteiger partial charge in [-0.1, -0.05) is 231 Å². The average molecular weight is 1140 g/mol. The van der Waals surface area contributed by atoms with Gasteiger partial charge in [-0.05, 0) is 122 Å². The zero-order valence-corrected chi connectivity index (χ0v) is 51.1.